The second-order valence-electron chi connectivity index (χ2n) is 6.27. The van der Waals surface area contributed by atoms with Crippen LogP contribution in [0.4, 0.5) is 4.79 Å². The van der Waals surface area contributed by atoms with Gasteiger partial charge in [0.15, 0.2) is 0 Å². The van der Waals surface area contributed by atoms with E-state index in [1.165, 1.54) is 0 Å². The van der Waals surface area contributed by atoms with E-state index in [2.05, 4.69) is 16.9 Å². The fraction of sp³-hybridized carbons (Fsp3) is 0.625. The predicted octanol–water partition coefficient (Wildman–Crippen LogP) is 2.54. The van der Waals surface area contributed by atoms with Crippen LogP contribution in [-0.2, 0) is 22.4 Å². The Kier molecular flexibility index (Phi) is 7.11. The first-order valence-electron chi connectivity index (χ1n) is 7.46. The molecule has 0 aliphatic carbocycles. The van der Waals surface area contributed by atoms with Crippen molar-refractivity contribution in [2.24, 2.45) is 0 Å². The number of imidazole rings is 1. The standard InChI is InChI=1S/C16H27N3O3/c1-13(2)11-21-9-8-19-12-17-10-14(19)6-7-18-15(20)22-16(3,4)5/h10,12H,1,6-9,11H2,2-5H3,(H,18,20). The van der Waals surface area contributed by atoms with Crippen molar-refractivity contribution in [3.8, 4) is 0 Å². The Hall–Kier alpha value is -1.82. The number of carbonyl (C=O) groups is 1. The van der Waals surface area contributed by atoms with Gasteiger partial charge in [0.1, 0.15) is 5.60 Å². The summed E-state index contributed by atoms with van der Waals surface area (Å²) in [4.78, 5) is 15.7. The summed E-state index contributed by atoms with van der Waals surface area (Å²) in [6.45, 7) is 13.7. The normalized spacial score (nSPS) is 11.3. The fourth-order valence-corrected chi connectivity index (χ4v) is 1.77. The summed E-state index contributed by atoms with van der Waals surface area (Å²) in [6, 6.07) is 0. The Morgan fingerprint density at radius 2 is 2.18 bits per heavy atom. The summed E-state index contributed by atoms with van der Waals surface area (Å²) in [5, 5.41) is 2.74. The third-order valence-corrected chi connectivity index (χ3v) is 2.67. The molecule has 124 valence electrons. The topological polar surface area (TPSA) is 65.4 Å². The van der Waals surface area contributed by atoms with E-state index in [0.29, 0.717) is 26.2 Å². The Morgan fingerprint density at radius 1 is 1.45 bits per heavy atom. The first-order valence-corrected chi connectivity index (χ1v) is 7.46. The van der Waals surface area contributed by atoms with E-state index < -0.39 is 11.7 Å². The van der Waals surface area contributed by atoms with E-state index in [-0.39, 0.29) is 0 Å². The van der Waals surface area contributed by atoms with Gasteiger partial charge in [-0.25, -0.2) is 9.78 Å². The van der Waals surface area contributed by atoms with E-state index in [1.54, 1.807) is 12.5 Å². The van der Waals surface area contributed by atoms with Crippen molar-refractivity contribution in [1.29, 1.82) is 0 Å². The summed E-state index contributed by atoms with van der Waals surface area (Å²) in [7, 11) is 0. The van der Waals surface area contributed by atoms with Crippen molar-refractivity contribution in [3.05, 3.63) is 30.4 Å². The van der Waals surface area contributed by atoms with Gasteiger partial charge in [0.05, 0.1) is 19.5 Å². The number of hydrogen-bond acceptors (Lipinski definition) is 4. The van der Waals surface area contributed by atoms with Gasteiger partial charge in [-0.2, -0.15) is 0 Å². The summed E-state index contributed by atoms with van der Waals surface area (Å²) < 4.78 is 12.7. The summed E-state index contributed by atoms with van der Waals surface area (Å²) in [5.74, 6) is 0. The van der Waals surface area contributed by atoms with Gasteiger partial charge in [-0.05, 0) is 27.7 Å². The van der Waals surface area contributed by atoms with Crippen LogP contribution in [0.15, 0.2) is 24.7 Å². The average molecular weight is 309 g/mol. The molecule has 0 aliphatic rings. The van der Waals surface area contributed by atoms with Gasteiger partial charge in [-0.1, -0.05) is 12.2 Å². The molecule has 0 fully saturated rings. The van der Waals surface area contributed by atoms with Gasteiger partial charge in [0.2, 0.25) is 0 Å². The molecule has 1 amide bonds. The Labute approximate surface area is 132 Å². The van der Waals surface area contributed by atoms with Gasteiger partial charge in [-0.15, -0.1) is 0 Å². The maximum Gasteiger partial charge on any atom is 0.407 e. The zero-order valence-electron chi connectivity index (χ0n) is 14.0. The van der Waals surface area contributed by atoms with Crippen LogP contribution in [0, 0.1) is 0 Å². The van der Waals surface area contributed by atoms with Crippen LogP contribution in [0.25, 0.3) is 0 Å². The minimum Gasteiger partial charge on any atom is -0.444 e. The molecule has 0 aliphatic heterocycles. The second-order valence-corrected chi connectivity index (χ2v) is 6.27. The van der Waals surface area contributed by atoms with Crippen LogP contribution >= 0.6 is 0 Å². The van der Waals surface area contributed by atoms with Gasteiger partial charge < -0.3 is 19.4 Å². The van der Waals surface area contributed by atoms with Crippen molar-refractivity contribution in [2.45, 2.75) is 46.3 Å². The van der Waals surface area contributed by atoms with Gasteiger partial charge in [0, 0.05) is 31.4 Å². The molecule has 0 aromatic carbocycles. The van der Waals surface area contributed by atoms with Crippen LogP contribution < -0.4 is 5.32 Å². The number of aromatic nitrogens is 2. The number of carbonyl (C=O) groups excluding carboxylic acids is 1. The number of nitrogens with zero attached hydrogens (tertiary/aromatic N) is 2. The molecule has 1 rings (SSSR count). The van der Waals surface area contributed by atoms with Crippen LogP contribution in [0.1, 0.15) is 33.4 Å². The van der Waals surface area contributed by atoms with E-state index in [4.69, 9.17) is 9.47 Å². The van der Waals surface area contributed by atoms with Crippen molar-refractivity contribution >= 4 is 6.09 Å². The highest BCUT2D eigenvalue weighted by atomic mass is 16.6. The number of nitrogens with one attached hydrogen (secondary N) is 1. The highest BCUT2D eigenvalue weighted by molar-refractivity contribution is 5.67. The molecule has 6 nitrogen and oxygen atoms in total. The molecule has 1 aromatic rings. The molecule has 0 spiro atoms. The maximum absolute atomic E-state index is 11.6. The molecule has 1 heterocycles. The molecule has 0 atom stereocenters. The SMILES string of the molecule is C=C(C)COCCn1cncc1CCNC(=O)OC(C)(C)C. The minimum atomic E-state index is -0.480. The lowest BCUT2D eigenvalue weighted by molar-refractivity contribution is 0.0528. The zero-order chi connectivity index (χ0) is 16.6. The number of hydrogen-bond donors (Lipinski definition) is 1. The van der Waals surface area contributed by atoms with E-state index >= 15 is 0 Å². The third kappa shape index (κ3) is 7.83. The predicted molar refractivity (Wildman–Crippen MR) is 85.8 cm³/mol. The monoisotopic (exact) mass is 309 g/mol. The van der Waals surface area contributed by atoms with Crippen molar-refractivity contribution in [1.82, 2.24) is 14.9 Å². The quantitative estimate of drug-likeness (QED) is 0.592. The van der Waals surface area contributed by atoms with Gasteiger partial charge in [0.25, 0.3) is 0 Å². The van der Waals surface area contributed by atoms with Crippen LogP contribution in [-0.4, -0.2) is 41.0 Å². The highest BCUT2D eigenvalue weighted by Gasteiger charge is 2.15. The van der Waals surface area contributed by atoms with Gasteiger partial charge in [-0.3, -0.25) is 0 Å². The van der Waals surface area contributed by atoms with Crippen molar-refractivity contribution in [2.75, 3.05) is 19.8 Å². The van der Waals surface area contributed by atoms with Crippen LogP contribution in [0.5, 0.6) is 0 Å². The average Bonchev–Trinajstić information content (AvgIpc) is 2.80. The lowest BCUT2D eigenvalue weighted by atomic mass is 10.2. The van der Waals surface area contributed by atoms with E-state index in [1.807, 2.05) is 32.3 Å². The second kappa shape index (κ2) is 8.58. The highest BCUT2D eigenvalue weighted by Crippen LogP contribution is 2.06. The van der Waals surface area contributed by atoms with E-state index in [0.717, 1.165) is 17.8 Å². The lowest BCUT2D eigenvalue weighted by Gasteiger charge is -2.19. The molecule has 22 heavy (non-hydrogen) atoms. The Balaban J connectivity index is 2.30. The lowest BCUT2D eigenvalue weighted by Crippen LogP contribution is -2.33. The molecule has 1 aromatic heterocycles. The number of amides is 1. The molecule has 0 bridgehead atoms. The fourth-order valence-electron chi connectivity index (χ4n) is 1.77. The number of alkyl carbamates (subject to hydrolysis) is 1. The summed E-state index contributed by atoms with van der Waals surface area (Å²) >= 11 is 0. The molecule has 0 radical (unpaired) electrons. The molecular weight excluding hydrogens is 282 g/mol. The summed E-state index contributed by atoms with van der Waals surface area (Å²) in [5.41, 5.74) is 1.58. The smallest absolute Gasteiger partial charge is 0.407 e. The van der Waals surface area contributed by atoms with E-state index in [9.17, 15) is 4.79 Å². The third-order valence-electron chi connectivity index (χ3n) is 2.67. The molecule has 0 saturated carbocycles. The zero-order valence-corrected chi connectivity index (χ0v) is 14.0. The van der Waals surface area contributed by atoms with Crippen LogP contribution in [0.3, 0.4) is 0 Å². The molecule has 1 N–H and O–H groups in total. The molecule has 0 unspecified atom stereocenters. The van der Waals surface area contributed by atoms with Gasteiger partial charge >= 0.3 is 6.09 Å². The number of rotatable bonds is 8. The first-order chi connectivity index (χ1) is 10.3. The largest absolute Gasteiger partial charge is 0.444 e. The minimum absolute atomic E-state index is 0.400. The number of ether oxygens (including phenoxy) is 2. The first kappa shape index (κ1) is 18.2. The molecular formula is C16H27N3O3. The maximum atomic E-state index is 11.6. The Morgan fingerprint density at radius 3 is 2.82 bits per heavy atom. The molecule has 6 heteroatoms. The summed E-state index contributed by atoms with van der Waals surface area (Å²) in [6.07, 6.45) is 3.87. The Bertz CT molecular complexity index is 489. The van der Waals surface area contributed by atoms with Crippen molar-refractivity contribution < 1.29 is 14.3 Å². The molecule has 0 saturated heterocycles. The van der Waals surface area contributed by atoms with Crippen LogP contribution in [0.2, 0.25) is 0 Å². The van der Waals surface area contributed by atoms with Crippen molar-refractivity contribution in [3.63, 3.8) is 0 Å².